The summed E-state index contributed by atoms with van der Waals surface area (Å²) in [5.41, 5.74) is 0.683. The molecule has 0 aromatic carbocycles. The summed E-state index contributed by atoms with van der Waals surface area (Å²) in [7, 11) is 3.48. The van der Waals surface area contributed by atoms with Crippen molar-refractivity contribution < 1.29 is 14.3 Å². The van der Waals surface area contributed by atoms with Gasteiger partial charge in [-0.15, -0.1) is 24.0 Å². The van der Waals surface area contributed by atoms with Crippen LogP contribution in [0.2, 0.25) is 0 Å². The molecule has 0 aliphatic carbocycles. The first-order valence-corrected chi connectivity index (χ1v) is 10.9. The molecular formula is C22H39IN6O3. The number of ether oxygens (including phenoxy) is 2. The van der Waals surface area contributed by atoms with Crippen LogP contribution in [0.25, 0.3) is 0 Å². The van der Waals surface area contributed by atoms with Crippen molar-refractivity contribution in [3.05, 3.63) is 23.9 Å². The lowest BCUT2D eigenvalue weighted by Crippen LogP contribution is -2.44. The van der Waals surface area contributed by atoms with Crippen LogP contribution < -0.4 is 15.4 Å². The Morgan fingerprint density at radius 1 is 1.25 bits per heavy atom. The molecule has 9 nitrogen and oxygen atoms in total. The van der Waals surface area contributed by atoms with Gasteiger partial charge in [-0.1, -0.05) is 6.07 Å². The molecule has 1 aromatic rings. The third-order valence-electron chi connectivity index (χ3n) is 4.58. The van der Waals surface area contributed by atoms with Crippen molar-refractivity contribution >= 4 is 35.8 Å². The number of hydrogen-bond donors (Lipinski definition) is 2. The molecule has 2 N–H and O–H groups in total. The fourth-order valence-corrected chi connectivity index (χ4v) is 2.87. The van der Waals surface area contributed by atoms with Gasteiger partial charge < -0.3 is 25.0 Å². The second-order valence-electron chi connectivity index (χ2n) is 8.76. The van der Waals surface area contributed by atoms with E-state index in [-0.39, 0.29) is 42.0 Å². The summed E-state index contributed by atoms with van der Waals surface area (Å²) < 4.78 is 11.1. The number of likely N-dealkylation sites (N-methyl/N-ethyl adjacent to an activating group) is 1. The van der Waals surface area contributed by atoms with Crippen molar-refractivity contribution in [3.63, 3.8) is 0 Å². The lowest BCUT2D eigenvalue weighted by molar-refractivity contribution is -0.127. The molecule has 0 spiro atoms. The van der Waals surface area contributed by atoms with Crippen LogP contribution in [-0.2, 0) is 16.1 Å². The Kier molecular flexibility index (Phi) is 12.8. The fourth-order valence-electron chi connectivity index (χ4n) is 2.87. The van der Waals surface area contributed by atoms with Gasteiger partial charge in [0.2, 0.25) is 11.8 Å². The van der Waals surface area contributed by atoms with Crippen LogP contribution in [0.1, 0.15) is 32.8 Å². The number of carbonyl (C=O) groups is 1. The Balaban J connectivity index is 0.00000512. The van der Waals surface area contributed by atoms with E-state index in [1.165, 1.54) is 0 Å². The molecule has 1 aromatic heterocycles. The van der Waals surface area contributed by atoms with Crippen molar-refractivity contribution in [1.29, 1.82) is 0 Å². The summed E-state index contributed by atoms with van der Waals surface area (Å²) in [6, 6.07) is 3.81. The van der Waals surface area contributed by atoms with Crippen molar-refractivity contribution in [2.45, 2.75) is 39.3 Å². The highest BCUT2D eigenvalue weighted by Gasteiger charge is 2.13. The zero-order valence-electron chi connectivity index (χ0n) is 20.0. The molecule has 0 saturated carbocycles. The lowest BCUT2D eigenvalue weighted by Gasteiger charge is -2.26. The van der Waals surface area contributed by atoms with E-state index in [9.17, 15) is 4.79 Å². The summed E-state index contributed by atoms with van der Waals surface area (Å²) in [5.74, 6) is 1.21. The summed E-state index contributed by atoms with van der Waals surface area (Å²) in [6.07, 6.45) is 2.76. The molecule has 182 valence electrons. The number of halogens is 1. The lowest BCUT2D eigenvalue weighted by atomic mass is 10.2. The van der Waals surface area contributed by atoms with Crippen LogP contribution in [0.15, 0.2) is 23.3 Å². The predicted octanol–water partition coefficient (Wildman–Crippen LogP) is 1.72. The molecule has 1 saturated heterocycles. The van der Waals surface area contributed by atoms with Gasteiger partial charge in [-0.25, -0.2) is 9.98 Å². The van der Waals surface area contributed by atoms with Gasteiger partial charge in [0.15, 0.2) is 5.96 Å². The first-order chi connectivity index (χ1) is 14.7. The Morgan fingerprint density at radius 2 is 1.97 bits per heavy atom. The Labute approximate surface area is 209 Å². The van der Waals surface area contributed by atoms with Gasteiger partial charge in [-0.05, 0) is 39.3 Å². The van der Waals surface area contributed by atoms with E-state index >= 15 is 0 Å². The van der Waals surface area contributed by atoms with Gasteiger partial charge in [0, 0.05) is 46.0 Å². The van der Waals surface area contributed by atoms with E-state index < -0.39 is 0 Å². The van der Waals surface area contributed by atoms with E-state index in [1.807, 2.05) is 32.9 Å². The molecule has 0 radical (unpaired) electrons. The first kappa shape index (κ1) is 28.4. The molecule has 0 atom stereocenters. The summed E-state index contributed by atoms with van der Waals surface area (Å²) >= 11 is 0. The van der Waals surface area contributed by atoms with Crippen LogP contribution in [0, 0.1) is 0 Å². The highest BCUT2D eigenvalue weighted by Crippen LogP contribution is 2.15. The molecule has 2 rings (SSSR count). The minimum absolute atomic E-state index is 0. The molecule has 32 heavy (non-hydrogen) atoms. The number of carbonyl (C=O) groups excluding carboxylic acids is 1. The summed E-state index contributed by atoms with van der Waals surface area (Å²) in [5, 5.41) is 6.45. The monoisotopic (exact) mass is 562 g/mol. The minimum Gasteiger partial charge on any atom is -0.472 e. The van der Waals surface area contributed by atoms with E-state index in [2.05, 4.69) is 25.5 Å². The molecule has 1 aliphatic rings. The normalized spacial score (nSPS) is 15.0. The number of nitrogens with zero attached hydrogens (tertiary/aromatic N) is 4. The number of amides is 1. The fraction of sp³-hybridized carbons (Fsp3) is 0.682. The number of aliphatic imine (C=N–C) groups is 1. The van der Waals surface area contributed by atoms with Gasteiger partial charge in [-0.2, -0.15) is 0 Å². The highest BCUT2D eigenvalue weighted by atomic mass is 127. The largest absolute Gasteiger partial charge is 0.472 e. The maximum atomic E-state index is 11.9. The van der Waals surface area contributed by atoms with Crippen LogP contribution >= 0.6 is 24.0 Å². The number of hydrogen-bond acceptors (Lipinski definition) is 6. The summed E-state index contributed by atoms with van der Waals surface area (Å²) in [4.78, 5) is 24.9. The highest BCUT2D eigenvalue weighted by molar-refractivity contribution is 14.0. The smallest absolute Gasteiger partial charge is 0.241 e. The van der Waals surface area contributed by atoms with Crippen LogP contribution in [0.3, 0.4) is 0 Å². The zero-order valence-corrected chi connectivity index (χ0v) is 22.3. The molecule has 1 fully saturated rings. The maximum absolute atomic E-state index is 11.9. The van der Waals surface area contributed by atoms with E-state index in [0.717, 1.165) is 51.4 Å². The summed E-state index contributed by atoms with van der Waals surface area (Å²) in [6.45, 7) is 12.0. The Hall–Kier alpha value is -1.66. The van der Waals surface area contributed by atoms with Gasteiger partial charge in [0.25, 0.3) is 0 Å². The van der Waals surface area contributed by atoms with E-state index in [4.69, 9.17) is 9.47 Å². The van der Waals surface area contributed by atoms with Gasteiger partial charge in [-0.3, -0.25) is 9.69 Å². The van der Waals surface area contributed by atoms with Gasteiger partial charge in [0.1, 0.15) is 5.60 Å². The van der Waals surface area contributed by atoms with Gasteiger partial charge >= 0.3 is 0 Å². The number of nitrogens with one attached hydrogen (secondary N) is 2. The average Bonchev–Trinajstić information content (AvgIpc) is 2.73. The minimum atomic E-state index is -0.284. The molecule has 0 unspecified atom stereocenters. The number of morpholine rings is 1. The SMILES string of the molecule is CN(C)C(=O)CNC(=NCc1ccc(OC(C)(C)C)nc1)NCCCN1CCOCC1.I. The standard InChI is InChI=1S/C22H38N6O3.HI/c1-22(2,3)31-19-8-7-18(15-24-19)16-25-21(26-17-20(29)27(4)5)23-9-6-10-28-11-13-30-14-12-28;/h7-8,15H,6,9-14,16-17H2,1-5H3,(H2,23,25,26);1H. The predicted molar refractivity (Wildman–Crippen MR) is 138 cm³/mol. The van der Waals surface area contributed by atoms with E-state index in [1.54, 1.807) is 25.2 Å². The second-order valence-corrected chi connectivity index (χ2v) is 8.76. The molecular weight excluding hydrogens is 523 g/mol. The molecule has 0 bridgehead atoms. The van der Waals surface area contributed by atoms with Crippen molar-refractivity contribution in [2.24, 2.45) is 4.99 Å². The number of pyridine rings is 1. The Bertz CT molecular complexity index is 701. The zero-order chi connectivity index (χ0) is 22.7. The topological polar surface area (TPSA) is 91.3 Å². The third-order valence-corrected chi connectivity index (χ3v) is 4.58. The average molecular weight is 562 g/mol. The molecule has 1 amide bonds. The number of rotatable bonds is 9. The third kappa shape index (κ3) is 11.8. The van der Waals surface area contributed by atoms with E-state index in [0.29, 0.717) is 18.4 Å². The first-order valence-electron chi connectivity index (χ1n) is 10.9. The number of aromatic nitrogens is 1. The Morgan fingerprint density at radius 3 is 2.56 bits per heavy atom. The maximum Gasteiger partial charge on any atom is 0.241 e. The molecule has 2 heterocycles. The molecule has 1 aliphatic heterocycles. The van der Waals surface area contributed by atoms with Crippen LogP contribution in [0.5, 0.6) is 5.88 Å². The number of guanidine groups is 1. The quantitative estimate of drug-likeness (QED) is 0.205. The molecule has 10 heteroatoms. The van der Waals surface area contributed by atoms with Crippen molar-refractivity contribution in [1.82, 2.24) is 25.4 Å². The van der Waals surface area contributed by atoms with Crippen molar-refractivity contribution in [2.75, 3.05) is 60.0 Å². The van der Waals surface area contributed by atoms with Crippen LogP contribution in [-0.4, -0.2) is 92.3 Å². The van der Waals surface area contributed by atoms with Gasteiger partial charge in [0.05, 0.1) is 26.3 Å². The second kappa shape index (κ2) is 14.5. The van der Waals surface area contributed by atoms with Crippen molar-refractivity contribution in [3.8, 4) is 5.88 Å². The van der Waals surface area contributed by atoms with Crippen LogP contribution in [0.4, 0.5) is 0 Å².